The first-order valence-corrected chi connectivity index (χ1v) is 3.58. The SMILES string of the molecule is CCCCC(=O)C(C#N)C#N. The molecule has 58 valence electrons. The summed E-state index contributed by atoms with van der Waals surface area (Å²) >= 11 is 0. The van der Waals surface area contributed by atoms with E-state index in [1.54, 1.807) is 12.1 Å². The number of hydrogen-bond acceptors (Lipinski definition) is 3. The van der Waals surface area contributed by atoms with Gasteiger partial charge in [-0.25, -0.2) is 0 Å². The Labute approximate surface area is 66.2 Å². The van der Waals surface area contributed by atoms with E-state index in [9.17, 15) is 4.79 Å². The number of Topliss-reactive ketones (excluding diaryl/α,β-unsaturated/α-hetero) is 1. The van der Waals surface area contributed by atoms with Gasteiger partial charge in [0.25, 0.3) is 0 Å². The van der Waals surface area contributed by atoms with Crippen LogP contribution in [0.3, 0.4) is 0 Å². The fourth-order valence-electron chi connectivity index (χ4n) is 0.668. The zero-order chi connectivity index (χ0) is 8.69. The second kappa shape index (κ2) is 5.44. The second-order valence-corrected chi connectivity index (χ2v) is 2.26. The molecule has 0 aromatic carbocycles. The van der Waals surface area contributed by atoms with E-state index in [1.807, 2.05) is 6.92 Å². The van der Waals surface area contributed by atoms with Crippen LogP contribution < -0.4 is 0 Å². The van der Waals surface area contributed by atoms with Crippen LogP contribution in [-0.4, -0.2) is 5.78 Å². The van der Waals surface area contributed by atoms with Gasteiger partial charge in [-0.15, -0.1) is 0 Å². The predicted molar refractivity (Wildman–Crippen MR) is 39.2 cm³/mol. The van der Waals surface area contributed by atoms with Crippen molar-refractivity contribution in [1.82, 2.24) is 0 Å². The molecule has 0 heterocycles. The van der Waals surface area contributed by atoms with Crippen molar-refractivity contribution in [1.29, 1.82) is 10.5 Å². The summed E-state index contributed by atoms with van der Waals surface area (Å²) in [5.41, 5.74) is 0. The fourth-order valence-corrected chi connectivity index (χ4v) is 0.668. The van der Waals surface area contributed by atoms with Crippen molar-refractivity contribution >= 4 is 5.78 Å². The Kier molecular flexibility index (Phi) is 4.77. The Morgan fingerprint density at radius 2 is 2.00 bits per heavy atom. The van der Waals surface area contributed by atoms with E-state index >= 15 is 0 Å². The molecule has 0 aromatic rings. The first-order chi connectivity index (χ1) is 5.26. The van der Waals surface area contributed by atoms with Gasteiger partial charge in [0, 0.05) is 6.42 Å². The van der Waals surface area contributed by atoms with Gasteiger partial charge in [-0.2, -0.15) is 10.5 Å². The molecule has 0 fully saturated rings. The van der Waals surface area contributed by atoms with Gasteiger partial charge in [0.15, 0.2) is 11.7 Å². The van der Waals surface area contributed by atoms with Crippen molar-refractivity contribution in [3.63, 3.8) is 0 Å². The van der Waals surface area contributed by atoms with Gasteiger partial charge in [-0.3, -0.25) is 4.79 Å². The molecule has 0 saturated heterocycles. The lowest BCUT2D eigenvalue weighted by molar-refractivity contribution is -0.120. The van der Waals surface area contributed by atoms with Crippen LogP contribution in [0.25, 0.3) is 0 Å². The maximum atomic E-state index is 10.9. The molecule has 3 heteroatoms. The van der Waals surface area contributed by atoms with Gasteiger partial charge in [0.2, 0.25) is 0 Å². The molecule has 0 aliphatic heterocycles. The lowest BCUT2D eigenvalue weighted by atomic mass is 10.0. The van der Waals surface area contributed by atoms with E-state index < -0.39 is 5.92 Å². The first-order valence-electron chi connectivity index (χ1n) is 3.58. The van der Waals surface area contributed by atoms with Crippen molar-refractivity contribution in [3.8, 4) is 12.1 Å². The van der Waals surface area contributed by atoms with Crippen LogP contribution in [0.1, 0.15) is 26.2 Å². The minimum absolute atomic E-state index is 0.253. The highest BCUT2D eigenvalue weighted by Crippen LogP contribution is 2.03. The number of carbonyl (C=O) groups is 1. The quantitative estimate of drug-likeness (QED) is 0.608. The summed E-state index contributed by atoms with van der Waals surface area (Å²) in [7, 11) is 0. The van der Waals surface area contributed by atoms with E-state index in [0.717, 1.165) is 12.8 Å². The highest BCUT2D eigenvalue weighted by Gasteiger charge is 2.14. The normalized spacial score (nSPS) is 8.73. The van der Waals surface area contributed by atoms with E-state index in [0.29, 0.717) is 6.42 Å². The van der Waals surface area contributed by atoms with Crippen molar-refractivity contribution in [2.24, 2.45) is 5.92 Å². The molecule has 0 amide bonds. The number of unbranched alkanes of at least 4 members (excludes halogenated alkanes) is 1. The fraction of sp³-hybridized carbons (Fsp3) is 0.625. The lowest BCUT2D eigenvalue weighted by Crippen LogP contribution is -2.09. The number of carbonyl (C=O) groups excluding carboxylic acids is 1. The number of rotatable bonds is 4. The molecule has 0 aliphatic carbocycles. The Balaban J connectivity index is 3.85. The molecule has 3 nitrogen and oxygen atoms in total. The van der Waals surface area contributed by atoms with Gasteiger partial charge >= 0.3 is 0 Å². The maximum absolute atomic E-state index is 10.9. The summed E-state index contributed by atoms with van der Waals surface area (Å²) < 4.78 is 0. The average molecular weight is 150 g/mol. The molecule has 0 spiro atoms. The first kappa shape index (κ1) is 9.65. The second-order valence-electron chi connectivity index (χ2n) is 2.26. The smallest absolute Gasteiger partial charge is 0.191 e. The third-order valence-electron chi connectivity index (χ3n) is 1.36. The van der Waals surface area contributed by atoms with E-state index in [1.165, 1.54) is 0 Å². The molecule has 0 atom stereocenters. The van der Waals surface area contributed by atoms with Crippen molar-refractivity contribution in [3.05, 3.63) is 0 Å². The zero-order valence-corrected chi connectivity index (χ0v) is 6.50. The molecular weight excluding hydrogens is 140 g/mol. The third kappa shape index (κ3) is 3.37. The summed E-state index contributed by atoms with van der Waals surface area (Å²) in [5.74, 6) is -1.31. The van der Waals surface area contributed by atoms with Crippen LogP contribution in [0.15, 0.2) is 0 Å². The van der Waals surface area contributed by atoms with Crippen LogP contribution >= 0.6 is 0 Å². The maximum Gasteiger partial charge on any atom is 0.191 e. The number of ketones is 1. The van der Waals surface area contributed by atoms with E-state index in [2.05, 4.69) is 0 Å². The molecule has 11 heavy (non-hydrogen) atoms. The summed E-state index contributed by atoms with van der Waals surface area (Å²) in [4.78, 5) is 10.9. The Bertz CT molecular complexity index is 195. The molecular formula is C8H10N2O. The molecule has 0 saturated carbocycles. The summed E-state index contributed by atoms with van der Waals surface area (Å²) in [6, 6.07) is 3.30. The molecule has 0 bridgehead atoms. The molecule has 0 unspecified atom stereocenters. The summed E-state index contributed by atoms with van der Waals surface area (Å²) in [6.45, 7) is 1.96. The summed E-state index contributed by atoms with van der Waals surface area (Å²) in [5, 5.41) is 16.6. The summed E-state index contributed by atoms with van der Waals surface area (Å²) in [6.07, 6.45) is 2.02. The molecule has 0 aromatic heterocycles. The van der Waals surface area contributed by atoms with Crippen LogP contribution in [0.2, 0.25) is 0 Å². The minimum Gasteiger partial charge on any atom is -0.297 e. The minimum atomic E-state index is -1.05. The van der Waals surface area contributed by atoms with Crippen molar-refractivity contribution in [2.45, 2.75) is 26.2 Å². The lowest BCUT2D eigenvalue weighted by Gasteiger charge is -1.96. The van der Waals surface area contributed by atoms with Crippen LogP contribution in [0.5, 0.6) is 0 Å². The Hall–Kier alpha value is -1.35. The zero-order valence-electron chi connectivity index (χ0n) is 6.50. The standard InChI is InChI=1S/C8H10N2O/c1-2-3-4-8(11)7(5-9)6-10/h7H,2-4H2,1H3. The Morgan fingerprint density at radius 3 is 2.36 bits per heavy atom. The van der Waals surface area contributed by atoms with E-state index in [-0.39, 0.29) is 5.78 Å². The van der Waals surface area contributed by atoms with Gasteiger partial charge in [-0.1, -0.05) is 13.3 Å². The molecule has 0 N–H and O–H groups in total. The molecule has 0 rings (SSSR count). The predicted octanol–water partition coefficient (Wildman–Crippen LogP) is 1.41. The largest absolute Gasteiger partial charge is 0.297 e. The highest BCUT2D eigenvalue weighted by molar-refractivity contribution is 5.85. The van der Waals surface area contributed by atoms with Crippen LogP contribution in [0, 0.1) is 28.6 Å². The number of hydrogen-bond donors (Lipinski definition) is 0. The van der Waals surface area contributed by atoms with Gasteiger partial charge in [0.05, 0.1) is 12.1 Å². The monoisotopic (exact) mass is 150 g/mol. The average Bonchev–Trinajstić information content (AvgIpc) is 2.03. The number of nitrogens with zero attached hydrogens (tertiary/aromatic N) is 2. The van der Waals surface area contributed by atoms with Gasteiger partial charge in [0.1, 0.15) is 0 Å². The molecule has 0 radical (unpaired) electrons. The van der Waals surface area contributed by atoms with Crippen molar-refractivity contribution < 1.29 is 4.79 Å². The Morgan fingerprint density at radius 1 is 1.45 bits per heavy atom. The van der Waals surface area contributed by atoms with E-state index in [4.69, 9.17) is 10.5 Å². The van der Waals surface area contributed by atoms with Crippen molar-refractivity contribution in [2.75, 3.05) is 0 Å². The van der Waals surface area contributed by atoms with Gasteiger partial charge < -0.3 is 0 Å². The third-order valence-corrected chi connectivity index (χ3v) is 1.36. The molecule has 0 aliphatic rings. The van der Waals surface area contributed by atoms with Crippen LogP contribution in [0.4, 0.5) is 0 Å². The highest BCUT2D eigenvalue weighted by atomic mass is 16.1. The van der Waals surface area contributed by atoms with Crippen LogP contribution in [-0.2, 0) is 4.79 Å². The van der Waals surface area contributed by atoms with Gasteiger partial charge in [-0.05, 0) is 6.42 Å². The number of nitriles is 2. The topological polar surface area (TPSA) is 64.7 Å².